The van der Waals surface area contributed by atoms with Crippen LogP contribution in [0.25, 0.3) is 16.4 Å². The van der Waals surface area contributed by atoms with Gasteiger partial charge in [0.1, 0.15) is 11.7 Å². The Labute approximate surface area is 193 Å². The third kappa shape index (κ3) is 4.82. The normalized spacial score (nSPS) is 12.0. The van der Waals surface area contributed by atoms with E-state index in [9.17, 15) is 14.4 Å². The number of carbonyl (C=O) groups excluding carboxylic acids is 1. The van der Waals surface area contributed by atoms with Gasteiger partial charge in [-0.1, -0.05) is 6.07 Å². The maximum atomic E-state index is 12.7. The van der Waals surface area contributed by atoms with Gasteiger partial charge in [0.25, 0.3) is 11.1 Å². The molecule has 1 N–H and O–H groups in total. The molecule has 10 nitrogen and oxygen atoms in total. The SMILES string of the molecule is Cc1cc(C)n(-c2ccc(=O)n(CCNC(=O)C(C)n3nc(-c4cccs4)ccc3=O)n2)n1. The maximum absolute atomic E-state index is 12.7. The van der Waals surface area contributed by atoms with Gasteiger partial charge in [-0.2, -0.15) is 10.2 Å². The summed E-state index contributed by atoms with van der Waals surface area (Å²) in [6.45, 7) is 5.72. The first-order chi connectivity index (χ1) is 15.8. The van der Waals surface area contributed by atoms with Crippen molar-refractivity contribution in [2.45, 2.75) is 33.4 Å². The van der Waals surface area contributed by atoms with Crippen LogP contribution in [0.3, 0.4) is 0 Å². The van der Waals surface area contributed by atoms with Crippen molar-refractivity contribution in [3.63, 3.8) is 0 Å². The largest absolute Gasteiger partial charge is 0.352 e. The number of aryl methyl sites for hydroxylation is 2. The second-order valence-corrected chi connectivity index (χ2v) is 8.49. The van der Waals surface area contributed by atoms with Gasteiger partial charge in [-0.3, -0.25) is 14.4 Å². The zero-order valence-corrected chi connectivity index (χ0v) is 19.2. The van der Waals surface area contributed by atoms with Gasteiger partial charge in [0.2, 0.25) is 5.91 Å². The molecule has 0 saturated heterocycles. The molecule has 4 heterocycles. The molecule has 1 atom stereocenters. The minimum Gasteiger partial charge on any atom is -0.352 e. The van der Waals surface area contributed by atoms with Gasteiger partial charge in [0.05, 0.1) is 17.1 Å². The smallest absolute Gasteiger partial charge is 0.267 e. The lowest BCUT2D eigenvalue weighted by Gasteiger charge is -2.15. The Balaban J connectivity index is 1.44. The Morgan fingerprint density at radius 3 is 2.55 bits per heavy atom. The number of aromatic nitrogens is 6. The molecule has 0 aliphatic heterocycles. The number of nitrogens with zero attached hydrogens (tertiary/aromatic N) is 6. The number of carbonyl (C=O) groups is 1. The van der Waals surface area contributed by atoms with Crippen LogP contribution in [0.4, 0.5) is 0 Å². The molecule has 1 unspecified atom stereocenters. The first-order valence-corrected chi connectivity index (χ1v) is 11.2. The summed E-state index contributed by atoms with van der Waals surface area (Å²) in [5.41, 5.74) is 1.72. The van der Waals surface area contributed by atoms with Gasteiger partial charge in [-0.05, 0) is 50.4 Å². The van der Waals surface area contributed by atoms with Gasteiger partial charge >= 0.3 is 0 Å². The Morgan fingerprint density at radius 1 is 1.06 bits per heavy atom. The monoisotopic (exact) mass is 465 g/mol. The molecule has 0 bridgehead atoms. The summed E-state index contributed by atoms with van der Waals surface area (Å²) in [5, 5.41) is 17.8. The number of hydrogen-bond donors (Lipinski definition) is 1. The molecule has 4 aromatic heterocycles. The molecular formula is C22H23N7O3S. The van der Waals surface area contributed by atoms with Gasteiger partial charge < -0.3 is 5.32 Å². The van der Waals surface area contributed by atoms with E-state index in [1.165, 1.54) is 28.2 Å². The standard InChI is InChI=1S/C22H23N7O3S/c1-14-13-15(2)28(24-14)19-7-9-20(30)27(26-19)11-10-23-22(32)16(3)29-21(31)8-6-17(25-29)18-5-4-12-33-18/h4-9,12-13,16H,10-11H2,1-3H3,(H,23,32). The summed E-state index contributed by atoms with van der Waals surface area (Å²) in [6.07, 6.45) is 0. The third-order valence-corrected chi connectivity index (χ3v) is 5.94. The molecule has 0 fully saturated rings. The zero-order chi connectivity index (χ0) is 23.5. The molecular weight excluding hydrogens is 442 g/mol. The highest BCUT2D eigenvalue weighted by Crippen LogP contribution is 2.21. The third-order valence-electron chi connectivity index (χ3n) is 5.05. The van der Waals surface area contributed by atoms with Crippen LogP contribution in [0.1, 0.15) is 24.4 Å². The summed E-state index contributed by atoms with van der Waals surface area (Å²) in [7, 11) is 0. The van der Waals surface area contributed by atoms with E-state index in [1.807, 2.05) is 37.4 Å². The minimum atomic E-state index is -0.817. The predicted molar refractivity (Wildman–Crippen MR) is 125 cm³/mol. The van der Waals surface area contributed by atoms with Crippen LogP contribution in [-0.4, -0.2) is 41.8 Å². The number of thiophene rings is 1. The van der Waals surface area contributed by atoms with Crippen LogP contribution in [0.2, 0.25) is 0 Å². The van der Waals surface area contributed by atoms with Crippen molar-refractivity contribution < 1.29 is 4.79 Å². The molecule has 11 heteroatoms. The van der Waals surface area contributed by atoms with E-state index in [0.717, 1.165) is 20.9 Å². The summed E-state index contributed by atoms with van der Waals surface area (Å²) in [5.74, 6) is 0.136. The van der Waals surface area contributed by atoms with Crippen molar-refractivity contribution in [3.8, 4) is 16.4 Å². The fourth-order valence-corrected chi connectivity index (χ4v) is 4.06. The van der Waals surface area contributed by atoms with Crippen LogP contribution in [0.5, 0.6) is 0 Å². The van der Waals surface area contributed by atoms with E-state index in [0.29, 0.717) is 11.5 Å². The summed E-state index contributed by atoms with van der Waals surface area (Å²) in [6, 6.07) is 11.0. The van der Waals surface area contributed by atoms with E-state index >= 15 is 0 Å². The average Bonchev–Trinajstić information content (AvgIpc) is 3.44. The lowest BCUT2D eigenvalue weighted by molar-refractivity contribution is -0.124. The van der Waals surface area contributed by atoms with Crippen LogP contribution in [-0.2, 0) is 11.3 Å². The predicted octanol–water partition coefficient (Wildman–Crippen LogP) is 1.71. The lowest BCUT2D eigenvalue weighted by atomic mass is 10.3. The van der Waals surface area contributed by atoms with E-state index in [1.54, 1.807) is 23.7 Å². The molecule has 0 aliphatic carbocycles. The summed E-state index contributed by atoms with van der Waals surface area (Å²) in [4.78, 5) is 38.1. The summed E-state index contributed by atoms with van der Waals surface area (Å²) >= 11 is 1.50. The molecule has 170 valence electrons. The van der Waals surface area contributed by atoms with Crippen molar-refractivity contribution in [1.82, 2.24) is 34.7 Å². The van der Waals surface area contributed by atoms with E-state index in [-0.39, 0.29) is 30.1 Å². The van der Waals surface area contributed by atoms with Gasteiger partial charge in [0.15, 0.2) is 5.82 Å². The fraction of sp³-hybridized carbons (Fsp3) is 0.273. The number of rotatable bonds is 7. The van der Waals surface area contributed by atoms with Gasteiger partial charge in [0, 0.05) is 24.4 Å². The Bertz CT molecular complexity index is 1400. The van der Waals surface area contributed by atoms with Crippen molar-refractivity contribution in [1.29, 1.82) is 0 Å². The highest BCUT2D eigenvalue weighted by molar-refractivity contribution is 7.13. The van der Waals surface area contributed by atoms with Crippen LogP contribution in [0, 0.1) is 13.8 Å². The minimum absolute atomic E-state index is 0.163. The molecule has 1 amide bonds. The molecule has 0 aliphatic rings. The lowest BCUT2D eigenvalue weighted by Crippen LogP contribution is -2.39. The van der Waals surface area contributed by atoms with Crippen molar-refractivity contribution in [3.05, 3.63) is 79.9 Å². The van der Waals surface area contributed by atoms with E-state index in [4.69, 9.17) is 0 Å². The molecule has 0 saturated carbocycles. The van der Waals surface area contributed by atoms with Crippen LogP contribution < -0.4 is 16.4 Å². The maximum Gasteiger partial charge on any atom is 0.267 e. The van der Waals surface area contributed by atoms with Crippen molar-refractivity contribution >= 4 is 17.2 Å². The van der Waals surface area contributed by atoms with E-state index in [2.05, 4.69) is 20.6 Å². The van der Waals surface area contributed by atoms with Gasteiger partial charge in [-0.15, -0.1) is 16.4 Å². The summed E-state index contributed by atoms with van der Waals surface area (Å²) < 4.78 is 4.10. The Morgan fingerprint density at radius 2 is 1.85 bits per heavy atom. The molecule has 4 aromatic rings. The second kappa shape index (κ2) is 9.33. The van der Waals surface area contributed by atoms with Gasteiger partial charge in [-0.25, -0.2) is 14.0 Å². The Kier molecular flexibility index (Phi) is 6.31. The molecule has 0 radical (unpaired) electrons. The van der Waals surface area contributed by atoms with E-state index < -0.39 is 6.04 Å². The quantitative estimate of drug-likeness (QED) is 0.444. The second-order valence-electron chi connectivity index (χ2n) is 7.54. The molecule has 0 aromatic carbocycles. The zero-order valence-electron chi connectivity index (χ0n) is 18.4. The molecule has 33 heavy (non-hydrogen) atoms. The Hall–Kier alpha value is -3.86. The van der Waals surface area contributed by atoms with Crippen molar-refractivity contribution in [2.24, 2.45) is 0 Å². The highest BCUT2D eigenvalue weighted by Gasteiger charge is 2.18. The van der Waals surface area contributed by atoms with Crippen molar-refractivity contribution in [2.75, 3.05) is 6.54 Å². The number of nitrogens with one attached hydrogen (secondary N) is 1. The average molecular weight is 466 g/mol. The number of amides is 1. The first-order valence-electron chi connectivity index (χ1n) is 10.4. The highest BCUT2D eigenvalue weighted by atomic mass is 32.1. The fourth-order valence-electron chi connectivity index (χ4n) is 3.37. The molecule has 4 rings (SSSR count). The first kappa shape index (κ1) is 22.3. The number of hydrogen-bond acceptors (Lipinski definition) is 7. The topological polar surface area (TPSA) is 117 Å². The van der Waals surface area contributed by atoms with Crippen LogP contribution >= 0.6 is 11.3 Å². The van der Waals surface area contributed by atoms with Crippen LogP contribution in [0.15, 0.2) is 57.4 Å². The molecule has 0 spiro atoms.